The first-order valence-electron chi connectivity index (χ1n) is 7.02. The van der Waals surface area contributed by atoms with Crippen molar-refractivity contribution in [2.24, 2.45) is 0 Å². The number of carbonyl (C=O) groups is 1. The largest absolute Gasteiger partial charge is 0.463 e. The number of hydrogen-bond donors (Lipinski definition) is 0. The van der Waals surface area contributed by atoms with Gasteiger partial charge in [0.1, 0.15) is 0 Å². The van der Waals surface area contributed by atoms with E-state index in [9.17, 15) is 4.79 Å². The molecule has 1 heterocycles. The van der Waals surface area contributed by atoms with Crippen LogP contribution in [0.4, 0.5) is 0 Å². The fourth-order valence-electron chi connectivity index (χ4n) is 2.07. The molecule has 0 fully saturated rings. The highest BCUT2D eigenvalue weighted by Crippen LogP contribution is 2.16. The number of hydrogen-bond acceptors (Lipinski definition) is 3. The van der Waals surface area contributed by atoms with Crippen LogP contribution in [0.1, 0.15) is 30.5 Å². The zero-order valence-electron chi connectivity index (χ0n) is 12.4. The average molecular weight is 281 g/mol. The van der Waals surface area contributed by atoms with Crippen LogP contribution < -0.4 is 0 Å². The van der Waals surface area contributed by atoms with Gasteiger partial charge >= 0.3 is 5.97 Å². The van der Waals surface area contributed by atoms with Gasteiger partial charge in [-0.3, -0.25) is 4.98 Å². The molecular formula is C18H19NO2. The number of benzene rings is 1. The van der Waals surface area contributed by atoms with E-state index in [0.29, 0.717) is 6.61 Å². The van der Waals surface area contributed by atoms with Crippen molar-refractivity contribution in [1.29, 1.82) is 0 Å². The second-order valence-corrected chi connectivity index (χ2v) is 4.81. The summed E-state index contributed by atoms with van der Waals surface area (Å²) in [5, 5.41) is 0. The lowest BCUT2D eigenvalue weighted by Crippen LogP contribution is -2.00. The first kappa shape index (κ1) is 15.0. The van der Waals surface area contributed by atoms with Crippen LogP contribution in [-0.2, 0) is 16.0 Å². The minimum absolute atomic E-state index is 0.297. The first-order valence-corrected chi connectivity index (χ1v) is 7.02. The highest BCUT2D eigenvalue weighted by atomic mass is 16.5. The molecule has 0 bridgehead atoms. The summed E-state index contributed by atoms with van der Waals surface area (Å²) in [6.07, 6.45) is 6.03. The second-order valence-electron chi connectivity index (χ2n) is 4.81. The Hall–Kier alpha value is -2.42. The van der Waals surface area contributed by atoms with Crippen molar-refractivity contribution in [3.63, 3.8) is 0 Å². The molecule has 0 radical (unpaired) electrons. The van der Waals surface area contributed by atoms with Gasteiger partial charge in [0, 0.05) is 18.5 Å². The van der Waals surface area contributed by atoms with Gasteiger partial charge in [0.2, 0.25) is 0 Å². The summed E-state index contributed by atoms with van der Waals surface area (Å²) in [4.78, 5) is 15.5. The Labute approximate surface area is 125 Å². The van der Waals surface area contributed by atoms with Crippen molar-refractivity contribution < 1.29 is 9.53 Å². The van der Waals surface area contributed by atoms with Crippen molar-refractivity contribution in [2.75, 3.05) is 6.61 Å². The topological polar surface area (TPSA) is 39.2 Å². The quantitative estimate of drug-likeness (QED) is 0.620. The van der Waals surface area contributed by atoms with Crippen molar-refractivity contribution in [3.8, 4) is 0 Å². The molecule has 0 spiro atoms. The monoisotopic (exact) mass is 281 g/mol. The van der Waals surface area contributed by atoms with Gasteiger partial charge in [-0.25, -0.2) is 4.79 Å². The Balaban J connectivity index is 2.06. The third-order valence-electron chi connectivity index (χ3n) is 3.16. The lowest BCUT2D eigenvalue weighted by Gasteiger charge is -2.05. The van der Waals surface area contributed by atoms with Crippen LogP contribution in [0.15, 0.2) is 54.9 Å². The molecule has 0 aliphatic heterocycles. The van der Waals surface area contributed by atoms with Crippen molar-refractivity contribution in [2.45, 2.75) is 20.3 Å². The number of aromatic nitrogens is 1. The minimum atomic E-state index is -0.297. The average Bonchev–Trinajstić information content (AvgIpc) is 2.49. The Morgan fingerprint density at radius 3 is 2.57 bits per heavy atom. The molecule has 0 unspecified atom stereocenters. The van der Waals surface area contributed by atoms with Crippen molar-refractivity contribution >= 4 is 11.5 Å². The van der Waals surface area contributed by atoms with E-state index in [-0.39, 0.29) is 5.97 Å². The fourth-order valence-corrected chi connectivity index (χ4v) is 2.07. The summed E-state index contributed by atoms with van der Waals surface area (Å²) in [6, 6.07) is 12.2. The predicted molar refractivity (Wildman–Crippen MR) is 83.8 cm³/mol. The third kappa shape index (κ3) is 4.56. The summed E-state index contributed by atoms with van der Waals surface area (Å²) in [6.45, 7) is 4.11. The number of pyridine rings is 1. The van der Waals surface area contributed by atoms with E-state index < -0.39 is 0 Å². The molecule has 21 heavy (non-hydrogen) atoms. The van der Waals surface area contributed by atoms with E-state index in [1.165, 1.54) is 17.2 Å². The maximum atomic E-state index is 11.4. The third-order valence-corrected chi connectivity index (χ3v) is 3.16. The van der Waals surface area contributed by atoms with Gasteiger partial charge in [-0.1, -0.05) is 30.3 Å². The van der Waals surface area contributed by atoms with Gasteiger partial charge in [-0.2, -0.15) is 0 Å². The molecule has 0 saturated heterocycles. The number of allylic oxidation sites excluding steroid dienone is 1. The maximum absolute atomic E-state index is 11.4. The highest BCUT2D eigenvalue weighted by molar-refractivity contribution is 5.90. The number of esters is 1. The van der Waals surface area contributed by atoms with Crippen LogP contribution >= 0.6 is 0 Å². The molecular weight excluding hydrogens is 262 g/mol. The minimum Gasteiger partial charge on any atom is -0.463 e. The van der Waals surface area contributed by atoms with E-state index in [0.717, 1.165) is 17.6 Å². The second kappa shape index (κ2) is 7.39. The normalized spacial score (nSPS) is 11.2. The number of ether oxygens (including phenoxy) is 1. The van der Waals surface area contributed by atoms with E-state index in [1.54, 1.807) is 13.1 Å². The molecule has 0 saturated carbocycles. The summed E-state index contributed by atoms with van der Waals surface area (Å²) in [5.74, 6) is -0.297. The number of nitrogens with zero attached hydrogens (tertiary/aromatic N) is 1. The van der Waals surface area contributed by atoms with Crippen molar-refractivity contribution in [3.05, 3.63) is 71.6 Å². The van der Waals surface area contributed by atoms with E-state index >= 15 is 0 Å². The Bertz CT molecular complexity index is 615. The molecule has 0 aliphatic rings. The van der Waals surface area contributed by atoms with Crippen LogP contribution in [0.3, 0.4) is 0 Å². The SMILES string of the molecule is CCOC(=O)C=C(C)c1ccc(Cc2cccnc2)cc1. The summed E-state index contributed by atoms with van der Waals surface area (Å²) in [5.41, 5.74) is 4.33. The summed E-state index contributed by atoms with van der Waals surface area (Å²) >= 11 is 0. The zero-order chi connectivity index (χ0) is 15.1. The van der Waals surface area contributed by atoms with Crippen LogP contribution in [0.25, 0.3) is 5.57 Å². The molecule has 1 aromatic heterocycles. The van der Waals surface area contributed by atoms with Gasteiger partial charge in [0.05, 0.1) is 6.61 Å². The summed E-state index contributed by atoms with van der Waals surface area (Å²) < 4.78 is 4.91. The van der Waals surface area contributed by atoms with Crippen molar-refractivity contribution in [1.82, 2.24) is 4.98 Å². The molecule has 0 N–H and O–H groups in total. The molecule has 1 aromatic carbocycles. The lowest BCUT2D eigenvalue weighted by atomic mass is 10.0. The number of rotatable bonds is 5. The molecule has 0 amide bonds. The fraction of sp³-hybridized carbons (Fsp3) is 0.222. The standard InChI is InChI=1S/C18H19NO2/c1-3-21-18(20)11-14(2)17-8-6-15(7-9-17)12-16-5-4-10-19-13-16/h4-11,13H,3,12H2,1-2H3. The maximum Gasteiger partial charge on any atom is 0.331 e. The summed E-state index contributed by atoms with van der Waals surface area (Å²) in [7, 11) is 0. The van der Waals surface area contributed by atoms with Crippen LogP contribution in [-0.4, -0.2) is 17.6 Å². The van der Waals surface area contributed by atoms with E-state index in [4.69, 9.17) is 4.74 Å². The van der Waals surface area contributed by atoms with Gasteiger partial charge in [0.25, 0.3) is 0 Å². The number of carbonyl (C=O) groups excluding carboxylic acids is 1. The molecule has 0 atom stereocenters. The Morgan fingerprint density at radius 2 is 1.95 bits per heavy atom. The van der Waals surface area contributed by atoms with E-state index in [2.05, 4.69) is 23.2 Å². The molecule has 2 rings (SSSR count). The van der Waals surface area contributed by atoms with Gasteiger partial charge in [0.15, 0.2) is 0 Å². The lowest BCUT2D eigenvalue weighted by molar-refractivity contribution is -0.137. The van der Waals surface area contributed by atoms with Gasteiger partial charge in [-0.05, 0) is 48.6 Å². The Morgan fingerprint density at radius 1 is 1.19 bits per heavy atom. The van der Waals surface area contributed by atoms with Crippen LogP contribution in [0.2, 0.25) is 0 Å². The molecule has 3 nitrogen and oxygen atoms in total. The van der Waals surface area contributed by atoms with E-state index in [1.807, 2.05) is 31.3 Å². The molecule has 0 aliphatic carbocycles. The predicted octanol–water partition coefficient (Wildman–Crippen LogP) is 3.64. The Kier molecular flexibility index (Phi) is 5.27. The molecule has 3 heteroatoms. The van der Waals surface area contributed by atoms with Crippen LogP contribution in [0.5, 0.6) is 0 Å². The van der Waals surface area contributed by atoms with Crippen LogP contribution in [0, 0.1) is 0 Å². The highest BCUT2D eigenvalue weighted by Gasteiger charge is 2.02. The molecule has 108 valence electrons. The molecule has 2 aromatic rings. The smallest absolute Gasteiger partial charge is 0.331 e. The zero-order valence-corrected chi connectivity index (χ0v) is 12.4. The van der Waals surface area contributed by atoms with Gasteiger partial charge < -0.3 is 4.74 Å². The first-order chi connectivity index (χ1) is 10.2. The van der Waals surface area contributed by atoms with Gasteiger partial charge in [-0.15, -0.1) is 0 Å².